The third kappa shape index (κ3) is 4.44. The van der Waals surface area contributed by atoms with E-state index >= 15 is 0 Å². The molecule has 2 aromatic heterocycles. The van der Waals surface area contributed by atoms with Crippen molar-refractivity contribution < 1.29 is 9.15 Å². The molecule has 4 aromatic rings. The van der Waals surface area contributed by atoms with Gasteiger partial charge in [0.05, 0.1) is 23.4 Å². The Labute approximate surface area is 174 Å². The highest BCUT2D eigenvalue weighted by Crippen LogP contribution is 2.32. The van der Waals surface area contributed by atoms with Crippen LogP contribution in [0.25, 0.3) is 11.5 Å². The average molecular weight is 432 g/mol. The summed E-state index contributed by atoms with van der Waals surface area (Å²) < 4.78 is 11.7. The van der Waals surface area contributed by atoms with Crippen LogP contribution in [0.3, 0.4) is 0 Å². The lowest BCUT2D eigenvalue weighted by molar-refractivity contribution is 0.415. The first-order valence-corrected chi connectivity index (χ1v) is 10.3. The number of methoxy groups -OCH3 is 1. The number of aromatic nitrogens is 4. The molecular weight excluding hydrogens is 418 g/mol. The molecule has 0 aliphatic rings. The molecule has 1 N–H and O–H groups in total. The van der Waals surface area contributed by atoms with Gasteiger partial charge in [0.15, 0.2) is 4.34 Å². The number of nitrogens with one attached hydrogen (secondary N) is 1. The van der Waals surface area contributed by atoms with Gasteiger partial charge in [-0.2, -0.15) is 0 Å². The Balaban J connectivity index is 1.38. The second-order valence-electron chi connectivity index (χ2n) is 5.50. The lowest BCUT2D eigenvalue weighted by Gasteiger charge is -2.04. The number of thioether (sulfide) groups is 1. The normalized spacial score (nSPS) is 10.8. The van der Waals surface area contributed by atoms with Gasteiger partial charge in [-0.3, -0.25) is 0 Å². The van der Waals surface area contributed by atoms with Crippen LogP contribution in [0, 0.1) is 0 Å². The van der Waals surface area contributed by atoms with Gasteiger partial charge in [0.2, 0.25) is 16.9 Å². The number of hydrogen-bond acceptors (Lipinski definition) is 9. The van der Waals surface area contributed by atoms with Crippen LogP contribution in [0.4, 0.5) is 10.8 Å². The summed E-state index contributed by atoms with van der Waals surface area (Å²) in [4.78, 5) is 0. The van der Waals surface area contributed by atoms with E-state index < -0.39 is 0 Å². The molecule has 2 aromatic carbocycles. The SMILES string of the molecule is COc1cccc(Nc2nnc(SCc3nnc(-c4ccccc4Cl)o3)s2)c1. The van der Waals surface area contributed by atoms with Gasteiger partial charge in [-0.15, -0.1) is 20.4 Å². The second kappa shape index (κ2) is 8.59. The van der Waals surface area contributed by atoms with Crippen LogP contribution in [0.2, 0.25) is 5.02 Å². The maximum atomic E-state index is 6.16. The molecule has 0 atom stereocenters. The van der Waals surface area contributed by atoms with Crippen molar-refractivity contribution >= 4 is 45.5 Å². The van der Waals surface area contributed by atoms with Crippen LogP contribution in [-0.2, 0) is 5.75 Å². The van der Waals surface area contributed by atoms with Gasteiger partial charge < -0.3 is 14.5 Å². The summed E-state index contributed by atoms with van der Waals surface area (Å²) in [5, 5.41) is 20.9. The first-order valence-electron chi connectivity index (χ1n) is 8.16. The first-order chi connectivity index (χ1) is 13.7. The van der Waals surface area contributed by atoms with Gasteiger partial charge in [-0.05, 0) is 24.3 Å². The van der Waals surface area contributed by atoms with E-state index in [4.69, 9.17) is 20.8 Å². The van der Waals surface area contributed by atoms with Crippen molar-refractivity contribution in [2.45, 2.75) is 10.1 Å². The Bertz CT molecular complexity index is 1090. The van der Waals surface area contributed by atoms with Crippen LogP contribution in [0.15, 0.2) is 57.3 Å². The van der Waals surface area contributed by atoms with Crippen molar-refractivity contribution in [2.75, 3.05) is 12.4 Å². The quantitative estimate of drug-likeness (QED) is 0.395. The lowest BCUT2D eigenvalue weighted by atomic mass is 10.2. The second-order valence-corrected chi connectivity index (χ2v) is 8.11. The third-order valence-corrected chi connectivity index (χ3v) is 5.90. The molecule has 7 nitrogen and oxygen atoms in total. The first kappa shape index (κ1) is 18.7. The molecular formula is C18H14ClN5O2S2. The predicted octanol–water partition coefficient (Wildman–Crippen LogP) is 5.29. The maximum Gasteiger partial charge on any atom is 0.249 e. The molecule has 142 valence electrons. The van der Waals surface area contributed by atoms with E-state index in [0.29, 0.717) is 33.3 Å². The zero-order chi connectivity index (χ0) is 19.3. The minimum absolute atomic E-state index is 0.402. The van der Waals surface area contributed by atoms with E-state index in [9.17, 15) is 0 Å². The fourth-order valence-electron chi connectivity index (χ4n) is 2.32. The van der Waals surface area contributed by atoms with Gasteiger partial charge in [0.25, 0.3) is 0 Å². The molecule has 2 heterocycles. The number of ether oxygens (including phenoxy) is 1. The maximum absolute atomic E-state index is 6.16. The minimum Gasteiger partial charge on any atom is -0.497 e. The fraction of sp³-hybridized carbons (Fsp3) is 0.111. The number of halogens is 1. The smallest absolute Gasteiger partial charge is 0.249 e. The summed E-state index contributed by atoms with van der Waals surface area (Å²) in [5.74, 6) is 2.16. The van der Waals surface area contributed by atoms with Gasteiger partial charge in [0.1, 0.15) is 5.75 Å². The molecule has 0 aliphatic carbocycles. The number of hydrogen-bond donors (Lipinski definition) is 1. The largest absolute Gasteiger partial charge is 0.497 e. The minimum atomic E-state index is 0.402. The molecule has 0 radical (unpaired) electrons. The van der Waals surface area contributed by atoms with Crippen LogP contribution in [0.1, 0.15) is 5.89 Å². The third-order valence-electron chi connectivity index (χ3n) is 3.62. The molecule has 10 heteroatoms. The summed E-state index contributed by atoms with van der Waals surface area (Å²) >= 11 is 9.09. The molecule has 0 spiro atoms. The molecule has 0 saturated carbocycles. The monoisotopic (exact) mass is 431 g/mol. The van der Waals surface area contributed by atoms with E-state index in [1.807, 2.05) is 42.5 Å². The van der Waals surface area contributed by atoms with Gasteiger partial charge in [-0.1, -0.05) is 52.9 Å². The number of anilines is 2. The number of nitrogens with zero attached hydrogens (tertiary/aromatic N) is 4. The van der Waals surface area contributed by atoms with E-state index in [-0.39, 0.29) is 0 Å². The molecule has 28 heavy (non-hydrogen) atoms. The molecule has 0 amide bonds. The van der Waals surface area contributed by atoms with Crippen molar-refractivity contribution in [2.24, 2.45) is 0 Å². The van der Waals surface area contributed by atoms with Crippen molar-refractivity contribution in [3.8, 4) is 17.2 Å². The number of benzene rings is 2. The summed E-state index contributed by atoms with van der Waals surface area (Å²) in [6, 6.07) is 15.0. The summed E-state index contributed by atoms with van der Waals surface area (Å²) in [6.07, 6.45) is 0. The zero-order valence-electron chi connectivity index (χ0n) is 14.6. The molecule has 0 saturated heterocycles. The predicted molar refractivity (Wildman–Crippen MR) is 110 cm³/mol. The van der Waals surface area contributed by atoms with Crippen LogP contribution in [-0.4, -0.2) is 27.5 Å². The van der Waals surface area contributed by atoms with Gasteiger partial charge in [0, 0.05) is 11.8 Å². The molecule has 4 rings (SSSR count). The van der Waals surface area contributed by atoms with Gasteiger partial charge in [-0.25, -0.2) is 0 Å². The van der Waals surface area contributed by atoms with Crippen molar-refractivity contribution in [3.63, 3.8) is 0 Å². The van der Waals surface area contributed by atoms with Crippen molar-refractivity contribution in [1.82, 2.24) is 20.4 Å². The van der Waals surface area contributed by atoms with Crippen molar-refractivity contribution in [1.29, 1.82) is 0 Å². The topological polar surface area (TPSA) is 86.0 Å². The van der Waals surface area contributed by atoms with E-state index in [0.717, 1.165) is 15.8 Å². The van der Waals surface area contributed by atoms with E-state index in [1.165, 1.54) is 23.1 Å². The molecule has 0 bridgehead atoms. The van der Waals surface area contributed by atoms with Crippen LogP contribution < -0.4 is 10.1 Å². The number of rotatable bonds is 7. The summed E-state index contributed by atoms with van der Waals surface area (Å²) in [7, 11) is 1.63. The van der Waals surface area contributed by atoms with Crippen molar-refractivity contribution in [3.05, 3.63) is 59.4 Å². The highest BCUT2D eigenvalue weighted by Gasteiger charge is 2.13. The highest BCUT2D eigenvalue weighted by molar-refractivity contribution is 8.00. The summed E-state index contributed by atoms with van der Waals surface area (Å²) in [6.45, 7) is 0. The summed E-state index contributed by atoms with van der Waals surface area (Å²) in [5.41, 5.74) is 1.60. The zero-order valence-corrected chi connectivity index (χ0v) is 17.0. The van der Waals surface area contributed by atoms with E-state index in [2.05, 4.69) is 25.7 Å². The average Bonchev–Trinajstić information content (AvgIpc) is 3.36. The standard InChI is InChI=1S/C18H14ClN5O2S2/c1-25-12-6-4-5-11(9-12)20-17-23-24-18(28-17)27-10-15-21-22-16(26-15)13-7-2-3-8-14(13)19/h2-9H,10H2,1H3,(H,20,23). The van der Waals surface area contributed by atoms with Gasteiger partial charge >= 0.3 is 0 Å². The van der Waals surface area contributed by atoms with Crippen LogP contribution in [0.5, 0.6) is 5.75 Å². The molecule has 0 aliphatic heterocycles. The fourth-order valence-corrected chi connectivity index (χ4v) is 4.15. The Morgan fingerprint density at radius 1 is 1.11 bits per heavy atom. The van der Waals surface area contributed by atoms with E-state index in [1.54, 1.807) is 13.2 Å². The molecule has 0 fully saturated rings. The Morgan fingerprint density at radius 3 is 2.86 bits per heavy atom. The van der Waals surface area contributed by atoms with Crippen LogP contribution >= 0.6 is 34.7 Å². The molecule has 0 unspecified atom stereocenters. The Hall–Kier alpha value is -2.62. The lowest BCUT2D eigenvalue weighted by Crippen LogP contribution is -1.90. The Morgan fingerprint density at radius 2 is 2.00 bits per heavy atom. The highest BCUT2D eigenvalue weighted by atomic mass is 35.5. The Kier molecular flexibility index (Phi) is 5.75.